The van der Waals surface area contributed by atoms with Crippen LogP contribution in [0.1, 0.15) is 35.3 Å². The summed E-state index contributed by atoms with van der Waals surface area (Å²) in [6.45, 7) is 6.00. The van der Waals surface area contributed by atoms with Crippen LogP contribution in [0.25, 0.3) is 0 Å². The molecule has 37 heavy (non-hydrogen) atoms. The first-order valence-corrected chi connectivity index (χ1v) is 13.3. The monoisotopic (exact) mass is 562 g/mol. The van der Waals surface area contributed by atoms with Gasteiger partial charge in [-0.15, -0.1) is 0 Å². The average molecular weight is 564 g/mol. The molecule has 4 N–H and O–H groups in total. The lowest BCUT2D eigenvalue weighted by Gasteiger charge is -2.19. The van der Waals surface area contributed by atoms with Crippen molar-refractivity contribution in [1.29, 1.82) is 0 Å². The van der Waals surface area contributed by atoms with Gasteiger partial charge < -0.3 is 19.4 Å². The van der Waals surface area contributed by atoms with E-state index < -0.39 is 17.0 Å². The molecule has 0 bridgehead atoms. The van der Waals surface area contributed by atoms with Gasteiger partial charge in [-0.25, -0.2) is 9.00 Å². The number of aromatic carboxylic acids is 1. The van der Waals surface area contributed by atoms with Crippen molar-refractivity contribution in [3.8, 4) is 5.75 Å². The summed E-state index contributed by atoms with van der Waals surface area (Å²) in [7, 11) is -1.57. The Balaban J connectivity index is 1.75. The summed E-state index contributed by atoms with van der Waals surface area (Å²) in [5.41, 5.74) is 3.16. The number of allylic oxidation sites excluding steroid dienone is 1. The first-order valence-electron chi connectivity index (χ1n) is 11.4. The summed E-state index contributed by atoms with van der Waals surface area (Å²) in [5, 5.41) is 10.1. The number of benzene rings is 3. The Hall–Kier alpha value is -3.04. The molecule has 1 unspecified atom stereocenters. The lowest BCUT2D eigenvalue weighted by atomic mass is 10.00. The minimum atomic E-state index is -1.57. The van der Waals surface area contributed by atoms with E-state index in [0.717, 1.165) is 16.7 Å². The van der Waals surface area contributed by atoms with Crippen LogP contribution >= 0.6 is 23.2 Å². The fourth-order valence-corrected chi connectivity index (χ4v) is 5.10. The molecule has 3 rings (SSSR count). The molecule has 10 heteroatoms. The number of nitrogens with one attached hydrogen (secondary N) is 1. The summed E-state index contributed by atoms with van der Waals surface area (Å²) in [6, 6.07) is 16.6. The molecule has 0 aliphatic carbocycles. The zero-order chi connectivity index (χ0) is 27.1. The third kappa shape index (κ3) is 7.49. The van der Waals surface area contributed by atoms with E-state index in [0.29, 0.717) is 38.6 Å². The van der Waals surface area contributed by atoms with Crippen LogP contribution in [0, 0.1) is 12.8 Å². The quantitative estimate of drug-likeness (QED) is 0.180. The maximum Gasteiger partial charge on any atom is 0.335 e. The second kappa shape index (κ2) is 13.0. The number of carbonyl (C=O) groups is 1. The number of hydrogen-bond acceptors (Lipinski definition) is 5. The Kier molecular flexibility index (Phi) is 10.00. The van der Waals surface area contributed by atoms with Gasteiger partial charge in [0, 0.05) is 33.6 Å². The summed E-state index contributed by atoms with van der Waals surface area (Å²) in [4.78, 5) is 16.7. The van der Waals surface area contributed by atoms with Gasteiger partial charge in [0.25, 0.3) is 0 Å². The number of aryl methyl sites for hydroxylation is 1. The van der Waals surface area contributed by atoms with Crippen LogP contribution in [-0.4, -0.2) is 21.9 Å². The molecule has 0 amide bonds. The molecule has 7 nitrogen and oxygen atoms in total. The Morgan fingerprint density at radius 1 is 1.08 bits per heavy atom. The van der Waals surface area contributed by atoms with Crippen LogP contribution in [0.2, 0.25) is 10.0 Å². The Morgan fingerprint density at radius 3 is 2.27 bits per heavy atom. The molecule has 0 aliphatic heterocycles. The molecule has 0 aliphatic rings. The summed E-state index contributed by atoms with van der Waals surface area (Å²) >= 11 is 12.8. The molecule has 3 aromatic rings. The van der Waals surface area contributed by atoms with Crippen molar-refractivity contribution >= 4 is 45.8 Å². The molecule has 0 saturated carbocycles. The fraction of sp³-hybridized carbons (Fsp3) is 0.222. The third-order valence-electron chi connectivity index (χ3n) is 5.58. The normalized spacial score (nSPS) is 12.6. The lowest BCUT2D eigenvalue weighted by Crippen LogP contribution is -2.15. The van der Waals surface area contributed by atoms with Gasteiger partial charge in [0.2, 0.25) is 0 Å². The Labute approximate surface area is 228 Å². The maximum absolute atomic E-state index is 12.7. The second-order valence-corrected chi connectivity index (χ2v) is 10.6. The smallest absolute Gasteiger partial charge is 0.335 e. The maximum atomic E-state index is 12.7. The molecule has 1 atom stereocenters. The van der Waals surface area contributed by atoms with Gasteiger partial charge in [-0.05, 0) is 72.6 Å². The molecular weight excluding hydrogens is 535 g/mol. The van der Waals surface area contributed by atoms with Crippen molar-refractivity contribution in [2.45, 2.75) is 32.1 Å². The minimum absolute atomic E-state index is 0.0118. The van der Waals surface area contributed by atoms with Gasteiger partial charge in [-0.1, -0.05) is 43.1 Å². The van der Waals surface area contributed by atoms with Gasteiger partial charge in [-0.2, -0.15) is 5.90 Å². The first-order chi connectivity index (χ1) is 17.6. The largest absolute Gasteiger partial charge is 0.489 e. The number of rotatable bonds is 11. The van der Waals surface area contributed by atoms with Crippen molar-refractivity contribution in [2.75, 3.05) is 11.3 Å². The second-order valence-electron chi connectivity index (χ2n) is 8.58. The molecule has 0 heterocycles. The topological polar surface area (TPSA) is 111 Å². The zero-order valence-electron chi connectivity index (χ0n) is 20.6. The highest BCUT2D eigenvalue weighted by Crippen LogP contribution is 2.30. The molecule has 3 aromatic carbocycles. The van der Waals surface area contributed by atoms with Crippen molar-refractivity contribution in [1.82, 2.24) is 0 Å². The summed E-state index contributed by atoms with van der Waals surface area (Å²) in [5.74, 6) is 5.75. The third-order valence-corrected chi connectivity index (χ3v) is 7.39. The zero-order valence-corrected chi connectivity index (χ0v) is 22.9. The molecule has 0 fully saturated rings. The first kappa shape index (κ1) is 28.5. The van der Waals surface area contributed by atoms with Crippen LogP contribution < -0.4 is 15.4 Å². The molecule has 0 saturated heterocycles. The number of ether oxygens (including phenoxy) is 1. The van der Waals surface area contributed by atoms with E-state index in [-0.39, 0.29) is 18.1 Å². The SMILES string of the molecule is Cc1cc(OC/C(Cc2c(Cl)cccc2Cl)=C(/ON)C(C)C)ccc1NS(=O)c1ccc(C(=O)O)cc1. The number of nitrogens with two attached hydrogens (primary N) is 1. The average Bonchev–Trinajstić information content (AvgIpc) is 2.86. The van der Waals surface area contributed by atoms with E-state index in [9.17, 15) is 9.00 Å². The minimum Gasteiger partial charge on any atom is -0.489 e. The van der Waals surface area contributed by atoms with Crippen LogP contribution in [-0.2, 0) is 22.2 Å². The van der Waals surface area contributed by atoms with Crippen molar-refractivity contribution in [3.63, 3.8) is 0 Å². The van der Waals surface area contributed by atoms with Gasteiger partial charge in [0.15, 0.2) is 0 Å². The summed E-state index contributed by atoms with van der Waals surface area (Å²) < 4.78 is 21.7. The molecule has 0 spiro atoms. The van der Waals surface area contributed by atoms with Crippen molar-refractivity contribution in [2.24, 2.45) is 11.8 Å². The standard InChI is InChI=1S/C27H28Cl2N2O5S/c1-16(2)26(36-30)19(14-22-23(28)5-4-6-24(22)29)15-35-20-9-12-25(17(3)13-20)31-37(34)21-10-7-18(8-11-21)27(32)33/h4-13,16,31H,14-15,30H2,1-3H3,(H,32,33)/b26-19+. The van der Waals surface area contributed by atoms with Gasteiger partial charge in [0.05, 0.1) is 10.5 Å². The lowest BCUT2D eigenvalue weighted by molar-refractivity contribution is 0.0696. The fourth-order valence-electron chi connectivity index (χ4n) is 3.64. The van der Waals surface area contributed by atoms with Gasteiger partial charge in [0.1, 0.15) is 29.1 Å². The molecule has 0 radical (unpaired) electrons. The van der Waals surface area contributed by atoms with Crippen LogP contribution in [0.15, 0.2) is 76.9 Å². The number of carboxylic acids is 1. The van der Waals surface area contributed by atoms with E-state index in [1.165, 1.54) is 24.3 Å². The number of anilines is 1. The van der Waals surface area contributed by atoms with Crippen molar-refractivity contribution < 1.29 is 23.7 Å². The Morgan fingerprint density at radius 2 is 1.73 bits per heavy atom. The number of halogens is 2. The number of carboxylic acid groups (broad SMARTS) is 1. The molecular formula is C27H28Cl2N2O5S. The van der Waals surface area contributed by atoms with Gasteiger partial charge >= 0.3 is 5.97 Å². The van der Waals surface area contributed by atoms with E-state index >= 15 is 0 Å². The van der Waals surface area contributed by atoms with E-state index in [4.69, 9.17) is 43.8 Å². The predicted molar refractivity (Wildman–Crippen MR) is 147 cm³/mol. The van der Waals surface area contributed by atoms with Crippen LogP contribution in [0.4, 0.5) is 5.69 Å². The van der Waals surface area contributed by atoms with Gasteiger partial charge in [-0.3, -0.25) is 0 Å². The van der Waals surface area contributed by atoms with Crippen LogP contribution in [0.5, 0.6) is 5.75 Å². The Bertz CT molecular complexity index is 1310. The highest BCUT2D eigenvalue weighted by atomic mass is 35.5. The molecule has 0 aromatic heterocycles. The van der Waals surface area contributed by atoms with Crippen molar-refractivity contribution in [3.05, 3.63) is 98.7 Å². The van der Waals surface area contributed by atoms with E-state index in [2.05, 4.69) is 4.72 Å². The number of hydrogen-bond donors (Lipinski definition) is 3. The highest BCUT2D eigenvalue weighted by molar-refractivity contribution is 7.86. The van der Waals surface area contributed by atoms with E-state index in [1.807, 2.05) is 26.8 Å². The predicted octanol–water partition coefficient (Wildman–Crippen LogP) is 6.56. The molecule has 196 valence electrons. The van der Waals surface area contributed by atoms with Crippen LogP contribution in [0.3, 0.4) is 0 Å². The van der Waals surface area contributed by atoms with E-state index in [1.54, 1.807) is 30.3 Å². The highest BCUT2D eigenvalue weighted by Gasteiger charge is 2.18. The summed E-state index contributed by atoms with van der Waals surface area (Å²) in [6.07, 6.45) is 0.404.